The lowest BCUT2D eigenvalue weighted by atomic mass is 10.1. The van der Waals surface area contributed by atoms with Crippen molar-refractivity contribution < 1.29 is 0 Å². The van der Waals surface area contributed by atoms with Crippen molar-refractivity contribution >= 4 is 5.69 Å². The number of rotatable bonds is 7. The number of hydrogen-bond donors (Lipinski definition) is 1. The van der Waals surface area contributed by atoms with Crippen LogP contribution in [-0.2, 0) is 6.54 Å². The van der Waals surface area contributed by atoms with Gasteiger partial charge in [0.2, 0.25) is 0 Å². The molecule has 1 atom stereocenters. The molecule has 0 fully saturated rings. The van der Waals surface area contributed by atoms with Crippen molar-refractivity contribution in [2.75, 3.05) is 32.1 Å². The highest BCUT2D eigenvalue weighted by Crippen LogP contribution is 2.22. The molecule has 1 rings (SSSR count). The molecule has 21 heavy (non-hydrogen) atoms. The van der Waals surface area contributed by atoms with Crippen LogP contribution < -0.4 is 10.2 Å². The zero-order valence-electron chi connectivity index (χ0n) is 14.8. The minimum absolute atomic E-state index is 0.118. The van der Waals surface area contributed by atoms with E-state index in [1.807, 2.05) is 12.4 Å². The summed E-state index contributed by atoms with van der Waals surface area (Å²) in [7, 11) is 4.24. The summed E-state index contributed by atoms with van der Waals surface area (Å²) in [5.41, 5.74) is 2.67. The summed E-state index contributed by atoms with van der Waals surface area (Å²) in [4.78, 5) is 9.01. The van der Waals surface area contributed by atoms with Gasteiger partial charge in [0.15, 0.2) is 0 Å². The third-order valence-corrected chi connectivity index (χ3v) is 3.51. The van der Waals surface area contributed by atoms with Crippen molar-refractivity contribution in [3.63, 3.8) is 0 Å². The topological polar surface area (TPSA) is 31.4 Å². The first kappa shape index (κ1) is 17.9. The van der Waals surface area contributed by atoms with Gasteiger partial charge in [-0.1, -0.05) is 0 Å². The van der Waals surface area contributed by atoms with E-state index in [2.05, 4.69) is 74.9 Å². The summed E-state index contributed by atoms with van der Waals surface area (Å²) in [6.45, 7) is 14.0. The van der Waals surface area contributed by atoms with Crippen molar-refractivity contribution in [1.82, 2.24) is 15.2 Å². The Balaban J connectivity index is 2.93. The van der Waals surface area contributed by atoms with Gasteiger partial charge in [-0.2, -0.15) is 0 Å². The third-order valence-electron chi connectivity index (χ3n) is 3.51. The monoisotopic (exact) mass is 292 g/mol. The average Bonchev–Trinajstić information content (AvgIpc) is 2.36. The second-order valence-electron chi connectivity index (χ2n) is 7.01. The standard InChI is InChI=1S/C17H32N4/c1-8-21(14(2)13-20(6)7)16-12-18-10-9-15(16)11-19-17(3,4)5/h9-10,12,14,19H,8,11,13H2,1-7H3. The molecule has 120 valence electrons. The molecule has 0 aromatic carbocycles. The van der Waals surface area contributed by atoms with Crippen LogP contribution in [0.25, 0.3) is 0 Å². The van der Waals surface area contributed by atoms with Crippen molar-refractivity contribution in [2.24, 2.45) is 0 Å². The Labute approximate surface area is 130 Å². The van der Waals surface area contributed by atoms with Gasteiger partial charge in [0.1, 0.15) is 0 Å². The SMILES string of the molecule is CCN(c1cnccc1CNC(C)(C)C)C(C)CN(C)C. The lowest BCUT2D eigenvalue weighted by Gasteiger charge is -2.33. The number of nitrogens with one attached hydrogen (secondary N) is 1. The molecular weight excluding hydrogens is 260 g/mol. The maximum Gasteiger partial charge on any atom is 0.0601 e. The average molecular weight is 292 g/mol. The summed E-state index contributed by atoms with van der Waals surface area (Å²) in [5, 5.41) is 3.57. The van der Waals surface area contributed by atoms with Crippen molar-refractivity contribution in [3.8, 4) is 0 Å². The molecule has 1 heterocycles. The van der Waals surface area contributed by atoms with Gasteiger partial charge >= 0.3 is 0 Å². The summed E-state index contributed by atoms with van der Waals surface area (Å²) in [5.74, 6) is 0. The molecule has 1 aromatic rings. The van der Waals surface area contributed by atoms with Gasteiger partial charge in [0.05, 0.1) is 11.9 Å². The van der Waals surface area contributed by atoms with Gasteiger partial charge < -0.3 is 15.1 Å². The molecule has 1 aromatic heterocycles. The molecule has 0 aliphatic carbocycles. The van der Waals surface area contributed by atoms with Gasteiger partial charge in [0, 0.05) is 37.4 Å². The normalized spacial score (nSPS) is 13.5. The largest absolute Gasteiger partial charge is 0.366 e. The first-order valence-electron chi connectivity index (χ1n) is 7.84. The van der Waals surface area contributed by atoms with Gasteiger partial charge in [-0.25, -0.2) is 0 Å². The van der Waals surface area contributed by atoms with Crippen LogP contribution in [0.4, 0.5) is 5.69 Å². The van der Waals surface area contributed by atoms with Crippen LogP contribution in [0.5, 0.6) is 0 Å². The Morgan fingerprint density at radius 2 is 1.95 bits per heavy atom. The molecule has 0 bridgehead atoms. The fourth-order valence-electron chi connectivity index (χ4n) is 2.53. The molecular formula is C17H32N4. The highest BCUT2D eigenvalue weighted by atomic mass is 15.2. The first-order chi connectivity index (χ1) is 9.74. The van der Waals surface area contributed by atoms with E-state index < -0.39 is 0 Å². The molecule has 0 saturated carbocycles. The Hall–Kier alpha value is -1.13. The lowest BCUT2D eigenvalue weighted by molar-refractivity contribution is 0.372. The number of nitrogens with zero attached hydrogens (tertiary/aromatic N) is 3. The smallest absolute Gasteiger partial charge is 0.0601 e. The first-order valence-corrected chi connectivity index (χ1v) is 7.84. The van der Waals surface area contributed by atoms with Crippen molar-refractivity contribution in [1.29, 1.82) is 0 Å². The lowest BCUT2D eigenvalue weighted by Crippen LogP contribution is -2.41. The predicted octanol–water partition coefficient (Wildman–Crippen LogP) is 2.75. The second kappa shape index (κ2) is 7.76. The third kappa shape index (κ3) is 6.02. The quantitative estimate of drug-likeness (QED) is 0.837. The molecule has 0 saturated heterocycles. The number of aromatic nitrogens is 1. The van der Waals surface area contributed by atoms with Crippen LogP contribution in [0.15, 0.2) is 18.5 Å². The maximum absolute atomic E-state index is 4.34. The van der Waals surface area contributed by atoms with Gasteiger partial charge in [-0.05, 0) is 60.3 Å². The summed E-state index contributed by atoms with van der Waals surface area (Å²) in [6, 6.07) is 2.58. The van der Waals surface area contributed by atoms with Crippen molar-refractivity contribution in [3.05, 3.63) is 24.0 Å². The zero-order chi connectivity index (χ0) is 16.0. The number of anilines is 1. The van der Waals surface area contributed by atoms with E-state index in [0.29, 0.717) is 6.04 Å². The van der Waals surface area contributed by atoms with E-state index in [9.17, 15) is 0 Å². The molecule has 1 unspecified atom stereocenters. The fourth-order valence-corrected chi connectivity index (χ4v) is 2.53. The highest BCUT2D eigenvalue weighted by Gasteiger charge is 2.18. The van der Waals surface area contributed by atoms with Crippen LogP contribution in [0.3, 0.4) is 0 Å². The number of hydrogen-bond acceptors (Lipinski definition) is 4. The fraction of sp³-hybridized carbons (Fsp3) is 0.706. The van der Waals surface area contributed by atoms with Gasteiger partial charge in [-0.3, -0.25) is 4.98 Å². The maximum atomic E-state index is 4.34. The Morgan fingerprint density at radius 3 is 2.48 bits per heavy atom. The second-order valence-corrected chi connectivity index (χ2v) is 7.01. The highest BCUT2D eigenvalue weighted by molar-refractivity contribution is 5.52. The van der Waals surface area contributed by atoms with E-state index in [-0.39, 0.29) is 5.54 Å². The minimum atomic E-state index is 0.118. The Bertz CT molecular complexity index is 423. The van der Waals surface area contributed by atoms with E-state index in [1.54, 1.807) is 0 Å². The number of pyridine rings is 1. The zero-order valence-corrected chi connectivity index (χ0v) is 14.8. The number of likely N-dealkylation sites (N-methyl/N-ethyl adjacent to an activating group) is 2. The van der Waals surface area contributed by atoms with E-state index in [0.717, 1.165) is 19.6 Å². The molecule has 0 aliphatic rings. The minimum Gasteiger partial charge on any atom is -0.366 e. The molecule has 0 aliphatic heterocycles. The van der Waals surface area contributed by atoms with Crippen LogP contribution in [0.1, 0.15) is 40.2 Å². The molecule has 0 amide bonds. The molecule has 4 heteroatoms. The van der Waals surface area contributed by atoms with Crippen LogP contribution in [-0.4, -0.2) is 48.6 Å². The van der Waals surface area contributed by atoms with Crippen LogP contribution >= 0.6 is 0 Å². The Kier molecular flexibility index (Phi) is 6.62. The van der Waals surface area contributed by atoms with Crippen LogP contribution in [0, 0.1) is 0 Å². The summed E-state index contributed by atoms with van der Waals surface area (Å²) < 4.78 is 0. The summed E-state index contributed by atoms with van der Waals surface area (Å²) >= 11 is 0. The van der Waals surface area contributed by atoms with Gasteiger partial charge in [-0.15, -0.1) is 0 Å². The predicted molar refractivity (Wildman–Crippen MR) is 91.9 cm³/mol. The van der Waals surface area contributed by atoms with E-state index in [4.69, 9.17) is 0 Å². The molecule has 0 radical (unpaired) electrons. The van der Waals surface area contributed by atoms with Crippen molar-refractivity contribution in [2.45, 2.75) is 52.7 Å². The summed E-state index contributed by atoms with van der Waals surface area (Å²) in [6.07, 6.45) is 3.88. The Morgan fingerprint density at radius 1 is 1.29 bits per heavy atom. The molecule has 4 nitrogen and oxygen atoms in total. The van der Waals surface area contributed by atoms with E-state index >= 15 is 0 Å². The van der Waals surface area contributed by atoms with Crippen LogP contribution in [0.2, 0.25) is 0 Å². The molecule has 0 spiro atoms. The van der Waals surface area contributed by atoms with E-state index in [1.165, 1.54) is 11.3 Å². The van der Waals surface area contributed by atoms with Gasteiger partial charge in [0.25, 0.3) is 0 Å². The molecule has 1 N–H and O–H groups in total.